The van der Waals surface area contributed by atoms with E-state index in [4.69, 9.17) is 4.74 Å². The minimum atomic E-state index is -0.256. The lowest BCUT2D eigenvalue weighted by Gasteiger charge is -2.29. The average molecular weight is 654 g/mol. The number of methoxy groups -OCH3 is 1. The minimum Gasteiger partial charge on any atom is -0.385 e. The molecule has 1 heterocycles. The molecule has 2 aromatic carbocycles. The topological polar surface area (TPSA) is 66.8 Å². The van der Waals surface area contributed by atoms with E-state index in [0.29, 0.717) is 32.7 Å². The summed E-state index contributed by atoms with van der Waals surface area (Å²) in [6.07, 6.45) is 4.58. The number of hydrogen-bond donors (Lipinski definition) is 1. The lowest BCUT2D eigenvalue weighted by molar-refractivity contribution is -0.132. The number of ether oxygens (including phenoxy) is 1. The summed E-state index contributed by atoms with van der Waals surface area (Å²) in [4.78, 5) is 31.3. The molecular formula is C35H49BrN4O3. The first-order chi connectivity index (χ1) is 20.6. The van der Waals surface area contributed by atoms with Crippen LogP contribution < -0.4 is 5.32 Å². The molecule has 0 spiro atoms. The number of carbonyl (C=O) groups is 2. The number of rotatable bonds is 16. The van der Waals surface area contributed by atoms with Gasteiger partial charge in [-0.3, -0.25) is 4.79 Å². The van der Waals surface area contributed by atoms with Crippen molar-refractivity contribution >= 4 is 33.6 Å². The van der Waals surface area contributed by atoms with E-state index in [1.807, 2.05) is 23.1 Å². The molecule has 1 N–H and O–H groups in total. The number of hydrogen-bond acceptors (Lipinski definition) is 3. The van der Waals surface area contributed by atoms with Gasteiger partial charge in [0.2, 0.25) is 5.91 Å². The molecular weight excluding hydrogens is 604 g/mol. The zero-order chi connectivity index (χ0) is 31.4. The molecule has 0 bridgehead atoms. The van der Waals surface area contributed by atoms with Crippen molar-refractivity contribution in [3.63, 3.8) is 0 Å². The second kappa shape index (κ2) is 17.3. The van der Waals surface area contributed by atoms with Gasteiger partial charge in [0.1, 0.15) is 6.54 Å². The molecule has 8 heteroatoms. The predicted octanol–water partition coefficient (Wildman–Crippen LogP) is 8.25. The number of carbonyl (C=O) groups excluding carboxylic acids is 2. The summed E-state index contributed by atoms with van der Waals surface area (Å²) >= 11 is 3.51. The first-order valence-electron chi connectivity index (χ1n) is 15.5. The van der Waals surface area contributed by atoms with Crippen LogP contribution in [-0.4, -0.2) is 59.7 Å². The van der Waals surface area contributed by atoms with Crippen molar-refractivity contribution in [3.05, 3.63) is 87.7 Å². The van der Waals surface area contributed by atoms with Gasteiger partial charge in [0.15, 0.2) is 0 Å². The Bertz CT molecular complexity index is 1280. The molecule has 3 aromatic rings. The molecule has 7 nitrogen and oxygen atoms in total. The normalized spacial score (nSPS) is 11.3. The minimum absolute atomic E-state index is 0.00748. The van der Waals surface area contributed by atoms with Crippen LogP contribution >= 0.6 is 15.9 Å². The Morgan fingerprint density at radius 2 is 1.56 bits per heavy atom. The van der Waals surface area contributed by atoms with E-state index in [1.165, 1.54) is 5.56 Å². The zero-order valence-corrected chi connectivity index (χ0v) is 28.3. The van der Waals surface area contributed by atoms with Gasteiger partial charge >= 0.3 is 6.03 Å². The van der Waals surface area contributed by atoms with Crippen LogP contribution in [0.4, 0.5) is 10.5 Å². The van der Waals surface area contributed by atoms with Gasteiger partial charge in [0.25, 0.3) is 0 Å². The van der Waals surface area contributed by atoms with E-state index >= 15 is 0 Å². The first kappa shape index (κ1) is 34.4. The summed E-state index contributed by atoms with van der Waals surface area (Å²) in [5.41, 5.74) is 5.30. The van der Waals surface area contributed by atoms with E-state index in [0.717, 1.165) is 46.4 Å². The average Bonchev–Trinajstić information content (AvgIpc) is 3.41. The maximum absolute atomic E-state index is 13.9. The molecule has 0 atom stereocenters. The van der Waals surface area contributed by atoms with E-state index in [2.05, 4.69) is 103 Å². The highest BCUT2D eigenvalue weighted by atomic mass is 79.9. The van der Waals surface area contributed by atoms with Gasteiger partial charge in [0, 0.05) is 55.4 Å². The number of aromatic nitrogens is 1. The van der Waals surface area contributed by atoms with Gasteiger partial charge in [-0.15, -0.1) is 0 Å². The number of para-hydroxylation sites is 1. The number of amides is 3. The highest BCUT2D eigenvalue weighted by Gasteiger charge is 2.24. The van der Waals surface area contributed by atoms with E-state index < -0.39 is 0 Å². The van der Waals surface area contributed by atoms with E-state index in [1.54, 1.807) is 12.0 Å². The third kappa shape index (κ3) is 10.2. The van der Waals surface area contributed by atoms with E-state index in [-0.39, 0.29) is 30.3 Å². The summed E-state index contributed by atoms with van der Waals surface area (Å²) in [5, 5.41) is 3.21. The number of unbranched alkanes of at least 4 members (excludes halogenated alkanes) is 1. The smallest absolute Gasteiger partial charge is 0.322 e. The predicted molar refractivity (Wildman–Crippen MR) is 180 cm³/mol. The van der Waals surface area contributed by atoms with Gasteiger partial charge in [0.05, 0.1) is 6.54 Å². The number of urea groups is 1. The van der Waals surface area contributed by atoms with Gasteiger partial charge in [-0.2, -0.15) is 0 Å². The van der Waals surface area contributed by atoms with Crippen LogP contribution in [0.2, 0.25) is 0 Å². The van der Waals surface area contributed by atoms with E-state index in [9.17, 15) is 9.59 Å². The Kier molecular flexibility index (Phi) is 13.8. The summed E-state index contributed by atoms with van der Waals surface area (Å²) in [7, 11) is 1.65. The monoisotopic (exact) mass is 652 g/mol. The fraction of sp³-hybridized carbons (Fsp3) is 0.486. The van der Waals surface area contributed by atoms with Crippen molar-refractivity contribution < 1.29 is 14.3 Å². The number of nitrogens with zero attached hydrogens (tertiary/aromatic N) is 3. The third-order valence-electron chi connectivity index (χ3n) is 7.67. The van der Waals surface area contributed by atoms with Crippen LogP contribution in [0.1, 0.15) is 88.1 Å². The first-order valence-corrected chi connectivity index (χ1v) is 16.3. The summed E-state index contributed by atoms with van der Waals surface area (Å²) in [6.45, 7) is 13.5. The number of nitrogens with one attached hydrogen (secondary N) is 1. The van der Waals surface area contributed by atoms with Crippen molar-refractivity contribution in [1.29, 1.82) is 0 Å². The van der Waals surface area contributed by atoms with Crippen LogP contribution in [0.3, 0.4) is 0 Å². The number of halogens is 1. The lowest BCUT2D eigenvalue weighted by Crippen LogP contribution is -2.45. The highest BCUT2D eigenvalue weighted by molar-refractivity contribution is 9.10. The molecule has 0 radical (unpaired) electrons. The van der Waals surface area contributed by atoms with Crippen molar-refractivity contribution in [2.45, 2.75) is 78.8 Å². The van der Waals surface area contributed by atoms with Crippen molar-refractivity contribution in [3.8, 4) is 0 Å². The quantitative estimate of drug-likeness (QED) is 0.158. The number of benzene rings is 2. The standard InChI is InChI=1S/C35H49BrN4O3/c1-7-8-19-39(24-30-12-10-20-38(30)23-28-15-17-29(36)18-16-28)33(41)25-40(21-11-22-43-6)35(42)37-34-31(26(2)3)13-9-14-32(34)27(4)5/h9-10,12-18,20,26-27H,7-8,11,19,21-25H2,1-6H3,(H,37,42). The molecule has 0 aliphatic rings. The van der Waals surface area contributed by atoms with Crippen molar-refractivity contribution in [2.24, 2.45) is 0 Å². The SMILES string of the molecule is CCCCN(Cc1cccn1Cc1ccc(Br)cc1)C(=O)CN(CCCOC)C(=O)Nc1c(C(C)C)cccc1C(C)C. The Balaban J connectivity index is 1.82. The van der Waals surface area contributed by atoms with Gasteiger partial charge in [-0.1, -0.05) is 87.3 Å². The van der Waals surface area contributed by atoms with Crippen LogP contribution in [0, 0.1) is 0 Å². The Morgan fingerprint density at radius 3 is 2.16 bits per heavy atom. The zero-order valence-electron chi connectivity index (χ0n) is 26.7. The molecule has 0 saturated carbocycles. The summed E-state index contributed by atoms with van der Waals surface area (Å²) in [5.74, 6) is 0.435. The molecule has 3 amide bonds. The number of anilines is 1. The highest BCUT2D eigenvalue weighted by Crippen LogP contribution is 2.32. The molecule has 0 unspecified atom stereocenters. The molecule has 234 valence electrons. The maximum atomic E-state index is 13.9. The van der Waals surface area contributed by atoms with Gasteiger partial charge in [-0.05, 0) is 65.6 Å². The molecule has 0 aliphatic heterocycles. The van der Waals surface area contributed by atoms with Gasteiger partial charge in [-0.25, -0.2) is 4.79 Å². The Labute approximate surface area is 266 Å². The summed E-state index contributed by atoms with van der Waals surface area (Å²) < 4.78 is 8.51. The van der Waals surface area contributed by atoms with Crippen LogP contribution in [-0.2, 0) is 22.6 Å². The molecule has 3 rings (SSSR count). The second-order valence-electron chi connectivity index (χ2n) is 11.7. The van der Waals surface area contributed by atoms with Crippen molar-refractivity contribution in [1.82, 2.24) is 14.4 Å². The van der Waals surface area contributed by atoms with Crippen molar-refractivity contribution in [2.75, 3.05) is 38.7 Å². The maximum Gasteiger partial charge on any atom is 0.322 e. The Morgan fingerprint density at radius 1 is 0.907 bits per heavy atom. The molecule has 43 heavy (non-hydrogen) atoms. The largest absolute Gasteiger partial charge is 0.385 e. The summed E-state index contributed by atoms with van der Waals surface area (Å²) in [6, 6.07) is 18.3. The third-order valence-corrected chi connectivity index (χ3v) is 8.20. The van der Waals surface area contributed by atoms with Crippen LogP contribution in [0.15, 0.2) is 65.3 Å². The molecule has 0 saturated heterocycles. The second-order valence-corrected chi connectivity index (χ2v) is 12.7. The molecule has 0 fully saturated rings. The molecule has 0 aliphatic carbocycles. The fourth-order valence-corrected chi connectivity index (χ4v) is 5.43. The van der Waals surface area contributed by atoms with Gasteiger partial charge < -0.3 is 24.4 Å². The Hall–Kier alpha value is -3.10. The fourth-order valence-electron chi connectivity index (χ4n) is 5.17. The molecule has 1 aromatic heterocycles. The lowest BCUT2D eigenvalue weighted by atomic mass is 9.93. The van der Waals surface area contributed by atoms with Crippen LogP contribution in [0.25, 0.3) is 0 Å². The van der Waals surface area contributed by atoms with Crippen LogP contribution in [0.5, 0.6) is 0 Å².